The Morgan fingerprint density at radius 2 is 1.78 bits per heavy atom. The number of rotatable bonds is 2. The molecule has 0 spiro atoms. The summed E-state index contributed by atoms with van der Waals surface area (Å²) in [4.78, 5) is 26.0. The minimum atomic E-state index is -0.328. The summed E-state index contributed by atoms with van der Waals surface area (Å²) in [6, 6.07) is -0.0494. The molecule has 2 amide bonds. The lowest BCUT2D eigenvalue weighted by molar-refractivity contribution is -0.148. The molecule has 18 heavy (non-hydrogen) atoms. The standard InChI is InChI=1S/C14H24N2O2/c1-9(2)13-14(18)16(8-12(17)15-13)11-6-4-10(3)5-7-11/h9-11,13H,4-8H2,1-3H3,(H,15,17). The van der Waals surface area contributed by atoms with Crippen LogP contribution in [0.5, 0.6) is 0 Å². The highest BCUT2D eigenvalue weighted by Crippen LogP contribution is 2.28. The number of carbonyl (C=O) groups is 2. The molecule has 1 saturated heterocycles. The van der Waals surface area contributed by atoms with E-state index in [-0.39, 0.29) is 36.4 Å². The summed E-state index contributed by atoms with van der Waals surface area (Å²) in [5.41, 5.74) is 0. The molecule has 0 aromatic heterocycles. The van der Waals surface area contributed by atoms with E-state index in [1.807, 2.05) is 18.7 Å². The highest BCUT2D eigenvalue weighted by Gasteiger charge is 2.38. The van der Waals surface area contributed by atoms with Gasteiger partial charge in [0.1, 0.15) is 6.04 Å². The molecular formula is C14H24N2O2. The maximum atomic E-state index is 12.4. The summed E-state index contributed by atoms with van der Waals surface area (Å²) in [6.45, 7) is 6.48. The van der Waals surface area contributed by atoms with Crippen LogP contribution in [0.1, 0.15) is 46.5 Å². The van der Waals surface area contributed by atoms with Crippen molar-refractivity contribution in [1.82, 2.24) is 10.2 Å². The Morgan fingerprint density at radius 3 is 2.33 bits per heavy atom. The predicted molar refractivity (Wildman–Crippen MR) is 69.9 cm³/mol. The number of piperazine rings is 1. The predicted octanol–water partition coefficient (Wildman–Crippen LogP) is 1.55. The fourth-order valence-corrected chi connectivity index (χ4v) is 3.01. The van der Waals surface area contributed by atoms with Crippen molar-refractivity contribution in [3.8, 4) is 0 Å². The van der Waals surface area contributed by atoms with Gasteiger partial charge < -0.3 is 10.2 Å². The van der Waals surface area contributed by atoms with Crippen LogP contribution in [0.4, 0.5) is 0 Å². The maximum absolute atomic E-state index is 12.4. The first-order valence-electron chi connectivity index (χ1n) is 7.09. The fraction of sp³-hybridized carbons (Fsp3) is 0.857. The van der Waals surface area contributed by atoms with Gasteiger partial charge in [-0.25, -0.2) is 0 Å². The lowest BCUT2D eigenvalue weighted by atomic mass is 9.85. The summed E-state index contributed by atoms with van der Waals surface area (Å²) in [7, 11) is 0. The summed E-state index contributed by atoms with van der Waals surface area (Å²) < 4.78 is 0. The summed E-state index contributed by atoms with van der Waals surface area (Å²) >= 11 is 0. The van der Waals surface area contributed by atoms with Crippen LogP contribution >= 0.6 is 0 Å². The van der Waals surface area contributed by atoms with Gasteiger partial charge in [0.15, 0.2) is 0 Å². The van der Waals surface area contributed by atoms with Gasteiger partial charge in [0.25, 0.3) is 0 Å². The van der Waals surface area contributed by atoms with Crippen molar-refractivity contribution in [2.75, 3.05) is 6.54 Å². The summed E-state index contributed by atoms with van der Waals surface area (Å²) in [6.07, 6.45) is 4.43. The molecule has 102 valence electrons. The van der Waals surface area contributed by atoms with Crippen molar-refractivity contribution in [3.05, 3.63) is 0 Å². The Hall–Kier alpha value is -1.06. The first-order valence-corrected chi connectivity index (χ1v) is 7.09. The van der Waals surface area contributed by atoms with Gasteiger partial charge in [-0.1, -0.05) is 20.8 Å². The zero-order chi connectivity index (χ0) is 13.3. The van der Waals surface area contributed by atoms with Crippen molar-refractivity contribution in [2.24, 2.45) is 11.8 Å². The molecule has 4 heteroatoms. The molecule has 1 heterocycles. The summed E-state index contributed by atoms with van der Waals surface area (Å²) in [5.74, 6) is 1.03. The van der Waals surface area contributed by atoms with Crippen LogP contribution in [0.2, 0.25) is 0 Å². The third-order valence-electron chi connectivity index (χ3n) is 4.27. The van der Waals surface area contributed by atoms with Crippen LogP contribution in [-0.4, -0.2) is 35.3 Å². The first kappa shape index (κ1) is 13.4. The van der Waals surface area contributed by atoms with Gasteiger partial charge in [-0.2, -0.15) is 0 Å². The summed E-state index contributed by atoms with van der Waals surface area (Å²) in [5, 5.41) is 2.81. The first-order chi connectivity index (χ1) is 8.49. The molecule has 0 aromatic rings. The van der Waals surface area contributed by atoms with Crippen LogP contribution in [0.15, 0.2) is 0 Å². The van der Waals surface area contributed by atoms with Crippen LogP contribution in [0.3, 0.4) is 0 Å². The van der Waals surface area contributed by atoms with Gasteiger partial charge in [-0.05, 0) is 37.5 Å². The van der Waals surface area contributed by atoms with Gasteiger partial charge in [0.2, 0.25) is 11.8 Å². The van der Waals surface area contributed by atoms with Gasteiger partial charge in [-0.15, -0.1) is 0 Å². The van der Waals surface area contributed by atoms with Crippen molar-refractivity contribution >= 4 is 11.8 Å². The van der Waals surface area contributed by atoms with E-state index in [0.717, 1.165) is 18.8 Å². The van der Waals surface area contributed by atoms with Crippen molar-refractivity contribution in [3.63, 3.8) is 0 Å². The molecule has 1 N–H and O–H groups in total. The zero-order valence-electron chi connectivity index (χ0n) is 11.6. The molecule has 0 radical (unpaired) electrons. The second kappa shape index (κ2) is 5.29. The highest BCUT2D eigenvalue weighted by atomic mass is 16.2. The average molecular weight is 252 g/mol. The largest absolute Gasteiger partial charge is 0.343 e. The maximum Gasteiger partial charge on any atom is 0.246 e. The second-order valence-corrected chi connectivity index (χ2v) is 6.17. The SMILES string of the molecule is CC1CCC(N2CC(=O)NC(C(C)C)C2=O)CC1. The van der Waals surface area contributed by atoms with Gasteiger partial charge in [0.05, 0.1) is 6.54 Å². The topological polar surface area (TPSA) is 49.4 Å². The Morgan fingerprint density at radius 1 is 1.17 bits per heavy atom. The third kappa shape index (κ3) is 2.68. The highest BCUT2D eigenvalue weighted by molar-refractivity contribution is 5.95. The molecule has 0 bridgehead atoms. The molecule has 2 aliphatic rings. The van der Waals surface area contributed by atoms with Gasteiger partial charge in [-0.3, -0.25) is 9.59 Å². The number of carbonyl (C=O) groups excluding carboxylic acids is 2. The molecule has 2 rings (SSSR count). The molecule has 0 aromatic carbocycles. The molecule has 2 fully saturated rings. The van der Waals surface area contributed by atoms with E-state index in [9.17, 15) is 9.59 Å². The van der Waals surface area contributed by atoms with E-state index >= 15 is 0 Å². The minimum Gasteiger partial charge on any atom is -0.343 e. The number of nitrogens with one attached hydrogen (secondary N) is 1. The number of nitrogens with zero attached hydrogens (tertiary/aromatic N) is 1. The normalized spacial score (nSPS) is 33.8. The fourth-order valence-electron chi connectivity index (χ4n) is 3.01. The van der Waals surface area contributed by atoms with Crippen LogP contribution in [0, 0.1) is 11.8 Å². The Kier molecular flexibility index (Phi) is 3.93. The van der Waals surface area contributed by atoms with Crippen LogP contribution in [-0.2, 0) is 9.59 Å². The number of hydrogen-bond donors (Lipinski definition) is 1. The van der Waals surface area contributed by atoms with Gasteiger partial charge in [0, 0.05) is 6.04 Å². The number of amides is 2. The lowest BCUT2D eigenvalue weighted by Gasteiger charge is -2.41. The smallest absolute Gasteiger partial charge is 0.246 e. The quantitative estimate of drug-likeness (QED) is 0.810. The zero-order valence-corrected chi connectivity index (χ0v) is 11.6. The third-order valence-corrected chi connectivity index (χ3v) is 4.27. The Bertz CT molecular complexity index is 333. The van der Waals surface area contributed by atoms with E-state index in [0.29, 0.717) is 0 Å². The monoisotopic (exact) mass is 252 g/mol. The molecular weight excluding hydrogens is 228 g/mol. The number of hydrogen-bond acceptors (Lipinski definition) is 2. The van der Waals surface area contributed by atoms with Crippen LogP contribution in [0.25, 0.3) is 0 Å². The van der Waals surface area contributed by atoms with E-state index in [2.05, 4.69) is 12.2 Å². The second-order valence-electron chi connectivity index (χ2n) is 6.17. The van der Waals surface area contributed by atoms with Gasteiger partial charge >= 0.3 is 0 Å². The Labute approximate surface area is 109 Å². The molecule has 1 unspecified atom stereocenters. The average Bonchev–Trinajstić information content (AvgIpc) is 2.32. The minimum absolute atomic E-state index is 0.00748. The van der Waals surface area contributed by atoms with E-state index in [1.165, 1.54) is 12.8 Å². The van der Waals surface area contributed by atoms with E-state index in [1.54, 1.807) is 0 Å². The molecule has 1 aliphatic carbocycles. The van der Waals surface area contributed by atoms with Crippen LogP contribution < -0.4 is 5.32 Å². The van der Waals surface area contributed by atoms with Crippen molar-refractivity contribution < 1.29 is 9.59 Å². The Balaban J connectivity index is 2.06. The molecule has 1 atom stereocenters. The molecule has 1 aliphatic heterocycles. The van der Waals surface area contributed by atoms with Crippen molar-refractivity contribution in [1.29, 1.82) is 0 Å². The molecule has 1 saturated carbocycles. The molecule has 4 nitrogen and oxygen atoms in total. The van der Waals surface area contributed by atoms with Crippen molar-refractivity contribution in [2.45, 2.75) is 58.5 Å². The van der Waals surface area contributed by atoms with E-state index in [4.69, 9.17) is 0 Å². The van der Waals surface area contributed by atoms with E-state index < -0.39 is 0 Å². The lowest BCUT2D eigenvalue weighted by Crippen LogP contribution is -2.62.